The molecule has 0 radical (unpaired) electrons. The molecule has 0 fully saturated rings. The van der Waals surface area contributed by atoms with Gasteiger partial charge in [0.2, 0.25) is 0 Å². The van der Waals surface area contributed by atoms with Gasteiger partial charge in [-0.05, 0) is 25.1 Å². The van der Waals surface area contributed by atoms with Gasteiger partial charge in [-0.1, -0.05) is 15.9 Å². The minimum Gasteiger partial charge on any atom is -0.487 e. The van der Waals surface area contributed by atoms with Crippen LogP contribution in [0.15, 0.2) is 28.7 Å². The zero-order valence-electron chi connectivity index (χ0n) is 9.77. The summed E-state index contributed by atoms with van der Waals surface area (Å²) in [6.45, 7) is 2.44. The Morgan fingerprint density at radius 3 is 2.71 bits per heavy atom. The number of hydrogen-bond donors (Lipinski definition) is 1. The number of nitrogens with two attached hydrogens (primary N) is 1. The Hall–Kier alpha value is -1.49. The van der Waals surface area contributed by atoms with E-state index in [1.54, 1.807) is 6.07 Å². The Morgan fingerprint density at radius 1 is 1.35 bits per heavy atom. The topological polar surface area (TPSA) is 53.1 Å². The fraction of sp³-hybridized carbons (Fsp3) is 0.250. The maximum Gasteiger partial charge on any atom is 0.130 e. The monoisotopic (exact) mass is 295 g/mol. The van der Waals surface area contributed by atoms with Gasteiger partial charge in [-0.15, -0.1) is 0 Å². The number of hydrogen-bond acceptors (Lipinski definition) is 3. The molecule has 0 saturated heterocycles. The van der Waals surface area contributed by atoms with E-state index in [0.717, 1.165) is 21.6 Å². The predicted molar refractivity (Wildman–Crippen MR) is 70.8 cm³/mol. The minimum atomic E-state index is 0.479. The molecule has 0 aliphatic heterocycles. The molecule has 0 spiro atoms. The van der Waals surface area contributed by atoms with E-state index in [9.17, 15) is 0 Å². The molecule has 5 heteroatoms. The summed E-state index contributed by atoms with van der Waals surface area (Å²) in [5.74, 6) is 0.746. The van der Waals surface area contributed by atoms with E-state index in [1.807, 2.05) is 36.9 Å². The van der Waals surface area contributed by atoms with Crippen molar-refractivity contribution in [2.45, 2.75) is 13.5 Å². The molecule has 90 valence electrons. The normalized spacial score (nSPS) is 10.5. The summed E-state index contributed by atoms with van der Waals surface area (Å²) < 4.78 is 8.40. The van der Waals surface area contributed by atoms with E-state index in [-0.39, 0.29) is 0 Å². The Labute approximate surface area is 109 Å². The minimum absolute atomic E-state index is 0.479. The van der Waals surface area contributed by atoms with Gasteiger partial charge in [0.05, 0.1) is 11.4 Å². The molecule has 1 aromatic carbocycles. The lowest BCUT2D eigenvalue weighted by Gasteiger charge is -2.07. The van der Waals surface area contributed by atoms with Crippen LogP contribution in [0.5, 0.6) is 5.75 Å². The van der Waals surface area contributed by atoms with Gasteiger partial charge in [0.1, 0.15) is 12.4 Å². The number of nitrogen functional groups attached to an aromatic ring is 1. The van der Waals surface area contributed by atoms with E-state index in [4.69, 9.17) is 10.5 Å². The molecule has 2 N–H and O–H groups in total. The summed E-state index contributed by atoms with van der Waals surface area (Å²) in [5.41, 5.74) is 8.43. The first-order chi connectivity index (χ1) is 8.04. The van der Waals surface area contributed by atoms with E-state index >= 15 is 0 Å². The Morgan fingerprint density at radius 2 is 2.12 bits per heavy atom. The highest BCUT2D eigenvalue weighted by Gasteiger charge is 2.04. The van der Waals surface area contributed by atoms with Crippen LogP contribution in [0.2, 0.25) is 0 Å². The van der Waals surface area contributed by atoms with E-state index in [2.05, 4.69) is 21.0 Å². The van der Waals surface area contributed by atoms with Gasteiger partial charge in [0.25, 0.3) is 0 Å². The highest BCUT2D eigenvalue weighted by Crippen LogP contribution is 2.23. The molecule has 0 unspecified atom stereocenters. The third-order valence-electron chi connectivity index (χ3n) is 2.38. The van der Waals surface area contributed by atoms with Gasteiger partial charge in [0.15, 0.2) is 0 Å². The highest BCUT2D eigenvalue weighted by atomic mass is 79.9. The molecule has 0 aliphatic carbocycles. The molecule has 0 atom stereocenters. The van der Waals surface area contributed by atoms with E-state index in [1.165, 1.54) is 0 Å². The molecule has 4 nitrogen and oxygen atoms in total. The third kappa shape index (κ3) is 3.00. The first kappa shape index (κ1) is 12.0. The van der Waals surface area contributed by atoms with Crippen LogP contribution in [0.3, 0.4) is 0 Å². The van der Waals surface area contributed by atoms with Crippen molar-refractivity contribution in [3.05, 3.63) is 40.1 Å². The first-order valence-corrected chi connectivity index (χ1v) is 6.02. The maximum atomic E-state index is 5.73. The summed E-state index contributed by atoms with van der Waals surface area (Å²) in [7, 11) is 1.90. The van der Waals surface area contributed by atoms with Crippen molar-refractivity contribution in [3.63, 3.8) is 0 Å². The number of aromatic nitrogens is 2. The molecular weight excluding hydrogens is 282 g/mol. The average Bonchev–Trinajstić information content (AvgIpc) is 2.53. The second-order valence-corrected chi connectivity index (χ2v) is 4.83. The second-order valence-electron chi connectivity index (χ2n) is 3.91. The smallest absolute Gasteiger partial charge is 0.130 e. The number of ether oxygens (including phenoxy) is 1. The molecule has 0 amide bonds. The SMILES string of the molecule is Cc1cc(COc2cc(N)cc(Br)c2)n(C)n1. The number of anilines is 1. The number of aryl methyl sites for hydroxylation is 2. The largest absolute Gasteiger partial charge is 0.487 e. The number of halogens is 1. The quantitative estimate of drug-likeness (QED) is 0.886. The van der Waals surface area contributed by atoms with Crippen LogP contribution in [0.25, 0.3) is 0 Å². The van der Waals surface area contributed by atoms with Crippen molar-refractivity contribution in [1.82, 2.24) is 9.78 Å². The second kappa shape index (κ2) is 4.79. The Bertz CT molecular complexity index is 516. The molecular formula is C12H14BrN3O. The summed E-state index contributed by atoms with van der Waals surface area (Å²) in [4.78, 5) is 0. The van der Waals surface area contributed by atoms with Gasteiger partial charge in [0, 0.05) is 23.3 Å². The van der Waals surface area contributed by atoms with Gasteiger partial charge in [-0.25, -0.2) is 0 Å². The fourth-order valence-electron chi connectivity index (χ4n) is 1.62. The first-order valence-electron chi connectivity index (χ1n) is 5.23. The molecule has 1 heterocycles. The van der Waals surface area contributed by atoms with Crippen molar-refractivity contribution in [1.29, 1.82) is 0 Å². The van der Waals surface area contributed by atoms with Crippen LogP contribution < -0.4 is 10.5 Å². The van der Waals surface area contributed by atoms with Crippen LogP contribution in [-0.4, -0.2) is 9.78 Å². The van der Waals surface area contributed by atoms with Crippen molar-refractivity contribution in [2.75, 3.05) is 5.73 Å². The van der Waals surface area contributed by atoms with Gasteiger partial charge in [-0.3, -0.25) is 4.68 Å². The van der Waals surface area contributed by atoms with Crippen LogP contribution >= 0.6 is 15.9 Å². The number of nitrogens with zero attached hydrogens (tertiary/aromatic N) is 2. The maximum absolute atomic E-state index is 5.73. The molecule has 1 aromatic heterocycles. The summed E-state index contributed by atoms with van der Waals surface area (Å²) in [5, 5.41) is 4.26. The van der Waals surface area contributed by atoms with Crippen molar-refractivity contribution in [3.8, 4) is 5.75 Å². The zero-order valence-corrected chi connectivity index (χ0v) is 11.4. The lowest BCUT2D eigenvalue weighted by atomic mass is 10.3. The number of rotatable bonds is 3. The van der Waals surface area contributed by atoms with Gasteiger partial charge < -0.3 is 10.5 Å². The molecule has 0 aliphatic rings. The lowest BCUT2D eigenvalue weighted by Crippen LogP contribution is -2.03. The molecule has 2 aromatic rings. The average molecular weight is 296 g/mol. The summed E-state index contributed by atoms with van der Waals surface area (Å²) >= 11 is 3.38. The standard InChI is InChI=1S/C12H14BrN3O/c1-8-3-11(16(2)15-8)7-17-12-5-9(13)4-10(14)6-12/h3-6H,7,14H2,1-2H3. The fourth-order valence-corrected chi connectivity index (χ4v) is 2.11. The van der Waals surface area contributed by atoms with Crippen LogP contribution in [0, 0.1) is 6.92 Å². The van der Waals surface area contributed by atoms with E-state index in [0.29, 0.717) is 12.3 Å². The van der Waals surface area contributed by atoms with Gasteiger partial charge >= 0.3 is 0 Å². The van der Waals surface area contributed by atoms with Gasteiger partial charge in [-0.2, -0.15) is 5.10 Å². The van der Waals surface area contributed by atoms with Crippen molar-refractivity contribution >= 4 is 21.6 Å². The zero-order chi connectivity index (χ0) is 12.4. The molecule has 2 rings (SSSR count). The van der Waals surface area contributed by atoms with Crippen molar-refractivity contribution in [2.24, 2.45) is 7.05 Å². The Balaban J connectivity index is 2.09. The van der Waals surface area contributed by atoms with Crippen LogP contribution in [0.1, 0.15) is 11.4 Å². The third-order valence-corrected chi connectivity index (χ3v) is 2.84. The van der Waals surface area contributed by atoms with E-state index < -0.39 is 0 Å². The predicted octanol–water partition coefficient (Wildman–Crippen LogP) is 2.65. The van der Waals surface area contributed by atoms with Crippen LogP contribution in [-0.2, 0) is 13.7 Å². The number of benzene rings is 1. The Kier molecular flexibility index (Phi) is 3.38. The highest BCUT2D eigenvalue weighted by molar-refractivity contribution is 9.10. The van der Waals surface area contributed by atoms with Crippen molar-refractivity contribution < 1.29 is 4.74 Å². The lowest BCUT2D eigenvalue weighted by molar-refractivity contribution is 0.295. The summed E-state index contributed by atoms with van der Waals surface area (Å²) in [6, 6.07) is 7.52. The summed E-state index contributed by atoms with van der Waals surface area (Å²) in [6.07, 6.45) is 0. The molecule has 0 bridgehead atoms. The van der Waals surface area contributed by atoms with Crippen LogP contribution in [0.4, 0.5) is 5.69 Å². The molecule has 17 heavy (non-hydrogen) atoms. The molecule has 0 saturated carbocycles.